The van der Waals surface area contributed by atoms with Crippen molar-refractivity contribution in [3.05, 3.63) is 51.5 Å². The minimum absolute atomic E-state index is 0.00941. The van der Waals surface area contributed by atoms with Gasteiger partial charge in [-0.25, -0.2) is 13.4 Å². The summed E-state index contributed by atoms with van der Waals surface area (Å²) in [4.78, 5) is 19.7. The van der Waals surface area contributed by atoms with Gasteiger partial charge in [0.2, 0.25) is 10.0 Å². The van der Waals surface area contributed by atoms with Crippen molar-refractivity contribution in [2.45, 2.75) is 45.0 Å². The van der Waals surface area contributed by atoms with Crippen molar-refractivity contribution in [2.24, 2.45) is 0 Å². The van der Waals surface area contributed by atoms with E-state index in [1.807, 2.05) is 44.2 Å². The molecule has 2 heterocycles. The number of hydrogen-bond donors (Lipinski definition) is 0. The van der Waals surface area contributed by atoms with E-state index in [0.29, 0.717) is 24.5 Å². The zero-order chi connectivity index (χ0) is 19.6. The van der Waals surface area contributed by atoms with Crippen LogP contribution in [0.4, 0.5) is 0 Å². The van der Waals surface area contributed by atoms with Crippen LogP contribution in [0.5, 0.6) is 0 Å². The number of nitrogens with zero attached hydrogens (tertiary/aromatic N) is 3. The van der Waals surface area contributed by atoms with Gasteiger partial charge in [-0.05, 0) is 18.9 Å². The van der Waals surface area contributed by atoms with Crippen LogP contribution >= 0.6 is 11.3 Å². The summed E-state index contributed by atoms with van der Waals surface area (Å²) in [6.07, 6.45) is 1.42. The Morgan fingerprint density at radius 1 is 1.33 bits per heavy atom. The first-order valence-electron chi connectivity index (χ1n) is 9.09. The molecule has 1 amide bonds. The monoisotopic (exact) mass is 407 g/mol. The van der Waals surface area contributed by atoms with E-state index in [0.717, 1.165) is 22.6 Å². The van der Waals surface area contributed by atoms with Crippen molar-refractivity contribution in [3.63, 3.8) is 0 Å². The van der Waals surface area contributed by atoms with Crippen LogP contribution in [-0.4, -0.2) is 48.1 Å². The zero-order valence-electron chi connectivity index (χ0n) is 15.9. The molecule has 0 saturated carbocycles. The molecular formula is C19H25N3O3S2. The van der Waals surface area contributed by atoms with Crippen molar-refractivity contribution in [1.29, 1.82) is 0 Å². The summed E-state index contributed by atoms with van der Waals surface area (Å²) in [5.74, 6) is -0.104. The Balaban J connectivity index is 1.75. The molecule has 2 aromatic rings. The molecule has 1 aromatic carbocycles. The van der Waals surface area contributed by atoms with Crippen LogP contribution < -0.4 is 0 Å². The van der Waals surface area contributed by atoms with Crippen molar-refractivity contribution >= 4 is 27.3 Å². The number of rotatable bonds is 6. The Hall–Kier alpha value is -1.77. The molecule has 0 saturated heterocycles. The summed E-state index contributed by atoms with van der Waals surface area (Å²) in [6.45, 7) is 4.74. The van der Waals surface area contributed by atoms with E-state index in [1.165, 1.54) is 15.6 Å². The quantitative estimate of drug-likeness (QED) is 0.738. The molecule has 27 heavy (non-hydrogen) atoms. The fourth-order valence-corrected chi connectivity index (χ4v) is 5.68. The molecular weight excluding hydrogens is 382 g/mol. The van der Waals surface area contributed by atoms with E-state index >= 15 is 0 Å². The van der Waals surface area contributed by atoms with Crippen LogP contribution in [0.3, 0.4) is 0 Å². The van der Waals surface area contributed by atoms with E-state index in [4.69, 9.17) is 0 Å². The second-order valence-corrected chi connectivity index (χ2v) is 9.94. The fourth-order valence-electron chi connectivity index (χ4n) is 3.00. The number of carbonyl (C=O) groups excluding carboxylic acids is 1. The minimum Gasteiger partial charge on any atom is -0.337 e. The number of aromatic nitrogens is 1. The van der Waals surface area contributed by atoms with Crippen LogP contribution in [0.1, 0.15) is 46.2 Å². The second-order valence-electron chi connectivity index (χ2n) is 6.89. The Labute approximate surface area is 164 Å². The van der Waals surface area contributed by atoms with E-state index in [2.05, 4.69) is 4.98 Å². The van der Waals surface area contributed by atoms with Gasteiger partial charge in [0, 0.05) is 37.5 Å². The Bertz CT molecular complexity index is 910. The zero-order valence-corrected chi connectivity index (χ0v) is 17.5. The summed E-state index contributed by atoms with van der Waals surface area (Å²) in [5.41, 5.74) is 1.63. The van der Waals surface area contributed by atoms with Crippen molar-refractivity contribution in [3.8, 4) is 0 Å². The largest absolute Gasteiger partial charge is 0.337 e. The molecule has 1 aliphatic rings. The lowest BCUT2D eigenvalue weighted by Gasteiger charge is -2.25. The first kappa shape index (κ1) is 20.0. The van der Waals surface area contributed by atoms with Gasteiger partial charge in [0.15, 0.2) is 5.01 Å². The summed E-state index contributed by atoms with van der Waals surface area (Å²) in [6, 6.07) is 9.33. The molecule has 1 aromatic heterocycles. The fraction of sp³-hybridized carbons (Fsp3) is 0.474. The normalized spacial score (nSPS) is 16.0. The Kier molecular flexibility index (Phi) is 5.98. The second kappa shape index (κ2) is 8.08. The van der Waals surface area contributed by atoms with Gasteiger partial charge in [-0.15, -0.1) is 11.3 Å². The molecule has 1 aliphatic heterocycles. The summed E-state index contributed by atoms with van der Waals surface area (Å²) >= 11 is 1.32. The number of benzene rings is 1. The highest BCUT2D eigenvalue weighted by Gasteiger charge is 2.31. The summed E-state index contributed by atoms with van der Waals surface area (Å²) in [7, 11) is -1.62. The smallest absolute Gasteiger partial charge is 0.282 e. The average molecular weight is 408 g/mol. The number of fused-ring (bicyclic) bond motifs is 1. The lowest BCUT2D eigenvalue weighted by atomic mass is 10.2. The molecule has 146 valence electrons. The lowest BCUT2D eigenvalue weighted by molar-refractivity contribution is 0.0740. The number of amides is 1. The summed E-state index contributed by atoms with van der Waals surface area (Å²) in [5, 5.41) is 0.449. The van der Waals surface area contributed by atoms with Crippen LogP contribution in [0.25, 0.3) is 0 Å². The molecule has 8 heteroatoms. The Morgan fingerprint density at radius 2 is 2.04 bits per heavy atom. The first-order valence-corrected chi connectivity index (χ1v) is 11.5. The number of sulfonamides is 1. The maximum atomic E-state index is 12.8. The van der Waals surface area contributed by atoms with Gasteiger partial charge in [0.1, 0.15) is 0 Å². The third-order valence-electron chi connectivity index (χ3n) is 5.04. The van der Waals surface area contributed by atoms with Gasteiger partial charge >= 0.3 is 0 Å². The number of carbonyl (C=O) groups is 1. The third-order valence-corrected chi connectivity index (χ3v) is 7.90. The maximum Gasteiger partial charge on any atom is 0.282 e. The maximum absolute atomic E-state index is 12.8. The highest BCUT2D eigenvalue weighted by Crippen LogP contribution is 2.28. The van der Waals surface area contributed by atoms with Gasteiger partial charge in [-0.3, -0.25) is 4.79 Å². The van der Waals surface area contributed by atoms with E-state index in [1.54, 1.807) is 11.9 Å². The molecule has 0 aliphatic carbocycles. The van der Waals surface area contributed by atoms with Crippen LogP contribution in [-0.2, 0) is 28.7 Å². The van der Waals surface area contributed by atoms with Crippen molar-refractivity contribution in [2.75, 3.05) is 13.6 Å². The predicted octanol–water partition coefficient (Wildman–Crippen LogP) is 2.90. The van der Waals surface area contributed by atoms with Gasteiger partial charge in [0.25, 0.3) is 5.91 Å². The van der Waals surface area contributed by atoms with Gasteiger partial charge in [-0.1, -0.05) is 37.3 Å². The molecule has 0 bridgehead atoms. The molecule has 1 atom stereocenters. The minimum atomic E-state index is -3.41. The molecule has 0 N–H and O–H groups in total. The molecule has 3 rings (SSSR count). The third kappa shape index (κ3) is 4.39. The first-order chi connectivity index (χ1) is 12.8. The topological polar surface area (TPSA) is 70.6 Å². The average Bonchev–Trinajstić information content (AvgIpc) is 3.10. The van der Waals surface area contributed by atoms with Gasteiger partial charge in [0.05, 0.1) is 11.4 Å². The van der Waals surface area contributed by atoms with Crippen molar-refractivity contribution < 1.29 is 13.2 Å². The van der Waals surface area contributed by atoms with Crippen LogP contribution in [0, 0.1) is 0 Å². The Morgan fingerprint density at radius 3 is 2.70 bits per heavy atom. The molecule has 0 spiro atoms. The molecule has 6 nitrogen and oxygen atoms in total. The number of thiazole rings is 1. The van der Waals surface area contributed by atoms with Crippen LogP contribution in [0.15, 0.2) is 30.3 Å². The van der Waals surface area contributed by atoms with E-state index < -0.39 is 10.0 Å². The lowest BCUT2D eigenvalue weighted by Crippen LogP contribution is -2.36. The molecule has 0 fully saturated rings. The van der Waals surface area contributed by atoms with Crippen LogP contribution in [0.2, 0.25) is 0 Å². The predicted molar refractivity (Wildman–Crippen MR) is 107 cm³/mol. The van der Waals surface area contributed by atoms with Gasteiger partial charge < -0.3 is 4.90 Å². The standard InChI is InChI=1S/C19H25N3O3S2/c1-4-14(2)21(3)19(23)18-20-16-10-11-22(12-17(16)26-18)27(24,25)13-15-8-6-5-7-9-15/h5-9,14H,4,10-13H2,1-3H3/t14-/m1/s1. The molecule has 0 unspecified atom stereocenters. The number of hydrogen-bond acceptors (Lipinski definition) is 5. The van der Waals surface area contributed by atoms with Gasteiger partial charge in [-0.2, -0.15) is 4.31 Å². The highest BCUT2D eigenvalue weighted by molar-refractivity contribution is 7.88. The van der Waals surface area contributed by atoms with Crippen molar-refractivity contribution in [1.82, 2.24) is 14.2 Å². The molecule has 0 radical (unpaired) electrons. The summed E-state index contributed by atoms with van der Waals surface area (Å²) < 4.78 is 27.1. The van der Waals surface area contributed by atoms with E-state index in [-0.39, 0.29) is 17.7 Å². The van der Waals surface area contributed by atoms with E-state index in [9.17, 15) is 13.2 Å². The highest BCUT2D eigenvalue weighted by atomic mass is 32.2. The SMILES string of the molecule is CC[C@@H](C)N(C)C(=O)c1nc2c(s1)CN(S(=O)(=O)Cc1ccccc1)CC2.